The number of carbonyl (C=O) groups is 2. The lowest BCUT2D eigenvalue weighted by Crippen LogP contribution is -2.47. The number of hydrogen-bond donors (Lipinski definition) is 2. The Balaban J connectivity index is 1.90. The summed E-state index contributed by atoms with van der Waals surface area (Å²) < 4.78 is 0. The van der Waals surface area contributed by atoms with Crippen molar-refractivity contribution in [2.75, 3.05) is 22.1 Å². The van der Waals surface area contributed by atoms with Crippen molar-refractivity contribution in [3.8, 4) is 0 Å². The van der Waals surface area contributed by atoms with Gasteiger partial charge in [-0.25, -0.2) is 4.98 Å². The number of rotatable bonds is 3. The third-order valence-corrected chi connectivity index (χ3v) is 4.73. The largest absolute Gasteiger partial charge is 0.379 e. The number of benzene rings is 1. The lowest BCUT2D eigenvalue weighted by molar-refractivity contribution is -0.114. The van der Waals surface area contributed by atoms with Gasteiger partial charge in [-0.05, 0) is 18.1 Å². The van der Waals surface area contributed by atoms with E-state index in [0.29, 0.717) is 23.3 Å². The van der Waals surface area contributed by atoms with Crippen LogP contribution in [0.2, 0.25) is 0 Å². The number of nitrogens with zero attached hydrogens (tertiary/aromatic N) is 2. The molecular formula is C17H20N4O2S. The first kappa shape index (κ1) is 16.4. The summed E-state index contributed by atoms with van der Waals surface area (Å²) in [4.78, 5) is 30.1. The molecule has 1 aliphatic rings. The third-order valence-electron chi connectivity index (χ3n) is 3.97. The van der Waals surface area contributed by atoms with Crippen molar-refractivity contribution in [1.82, 2.24) is 4.98 Å². The zero-order valence-electron chi connectivity index (χ0n) is 13.9. The monoisotopic (exact) mass is 344 g/mol. The molecule has 0 aliphatic carbocycles. The second kappa shape index (κ2) is 6.60. The van der Waals surface area contributed by atoms with Gasteiger partial charge in [0.1, 0.15) is 5.69 Å². The smallest absolute Gasteiger partial charge is 0.277 e. The minimum atomic E-state index is -0.198. The van der Waals surface area contributed by atoms with E-state index in [0.717, 1.165) is 11.4 Å². The molecule has 1 aliphatic heterocycles. The van der Waals surface area contributed by atoms with E-state index in [2.05, 4.69) is 29.5 Å². The Morgan fingerprint density at radius 2 is 2.12 bits per heavy atom. The summed E-state index contributed by atoms with van der Waals surface area (Å²) in [7, 11) is 0. The number of carbonyl (C=O) groups excluding carboxylic acids is 2. The van der Waals surface area contributed by atoms with Crippen LogP contribution in [0, 0.1) is 5.92 Å². The summed E-state index contributed by atoms with van der Waals surface area (Å²) in [6.45, 7) is 6.27. The molecule has 2 aromatic rings. The van der Waals surface area contributed by atoms with Crippen LogP contribution in [0.25, 0.3) is 0 Å². The highest BCUT2D eigenvalue weighted by atomic mass is 32.1. The number of para-hydroxylation sites is 2. The number of anilines is 3. The van der Waals surface area contributed by atoms with Crippen molar-refractivity contribution >= 4 is 39.7 Å². The lowest BCUT2D eigenvalue weighted by Gasteiger charge is -2.37. The van der Waals surface area contributed by atoms with E-state index in [9.17, 15) is 9.59 Å². The van der Waals surface area contributed by atoms with Crippen LogP contribution in [0.1, 0.15) is 31.3 Å². The number of aromatic nitrogens is 1. The molecule has 0 saturated heterocycles. The summed E-state index contributed by atoms with van der Waals surface area (Å²) in [6.07, 6.45) is 0. The fraction of sp³-hybridized carbons (Fsp3) is 0.353. The van der Waals surface area contributed by atoms with Crippen molar-refractivity contribution in [2.45, 2.75) is 26.8 Å². The summed E-state index contributed by atoms with van der Waals surface area (Å²) >= 11 is 1.25. The Morgan fingerprint density at radius 3 is 2.83 bits per heavy atom. The summed E-state index contributed by atoms with van der Waals surface area (Å²) in [5.41, 5.74) is 2.16. The minimum Gasteiger partial charge on any atom is -0.379 e. The van der Waals surface area contributed by atoms with Gasteiger partial charge in [-0.15, -0.1) is 11.3 Å². The number of nitrogens with one attached hydrogen (secondary N) is 2. The van der Waals surface area contributed by atoms with Crippen LogP contribution in [-0.2, 0) is 4.79 Å². The molecule has 1 aromatic heterocycles. The van der Waals surface area contributed by atoms with Crippen LogP contribution in [0.4, 0.5) is 16.5 Å². The van der Waals surface area contributed by atoms with Crippen molar-refractivity contribution in [1.29, 1.82) is 0 Å². The van der Waals surface area contributed by atoms with Crippen molar-refractivity contribution < 1.29 is 9.59 Å². The number of amides is 2. The van der Waals surface area contributed by atoms with E-state index in [1.54, 1.807) is 10.3 Å². The normalized spacial score (nSPS) is 16.5. The van der Waals surface area contributed by atoms with Gasteiger partial charge in [0.25, 0.3) is 5.91 Å². The molecule has 2 heterocycles. The van der Waals surface area contributed by atoms with Gasteiger partial charge >= 0.3 is 0 Å². The first-order chi connectivity index (χ1) is 11.5. The first-order valence-electron chi connectivity index (χ1n) is 7.86. The number of hydrogen-bond acceptors (Lipinski definition) is 5. The first-order valence-corrected chi connectivity index (χ1v) is 8.74. The zero-order valence-corrected chi connectivity index (χ0v) is 14.7. The predicted octanol–water partition coefficient (Wildman–Crippen LogP) is 3.20. The maximum Gasteiger partial charge on any atom is 0.277 e. The summed E-state index contributed by atoms with van der Waals surface area (Å²) in [5, 5.41) is 8.23. The molecule has 1 unspecified atom stereocenters. The van der Waals surface area contributed by atoms with E-state index in [4.69, 9.17) is 0 Å². The van der Waals surface area contributed by atoms with Crippen molar-refractivity contribution in [3.63, 3.8) is 0 Å². The highest BCUT2D eigenvalue weighted by Gasteiger charge is 2.31. The molecule has 0 spiro atoms. The van der Waals surface area contributed by atoms with Crippen LogP contribution in [-0.4, -0.2) is 29.4 Å². The maximum atomic E-state index is 13.0. The van der Waals surface area contributed by atoms with Crippen LogP contribution in [0.3, 0.4) is 0 Å². The standard InChI is InChI=1S/C17H20N4O2S/c1-10(2)13-8-21(15-7-5-4-6-12(15)19-13)16(23)14-9-24-17(20-14)18-11(3)22/h4-7,9-10,13,19H,8H2,1-3H3,(H,18,20,22). The van der Waals surface area contributed by atoms with Gasteiger partial charge in [0.15, 0.2) is 5.13 Å². The zero-order chi connectivity index (χ0) is 17.3. The highest BCUT2D eigenvalue weighted by Crippen LogP contribution is 2.33. The van der Waals surface area contributed by atoms with Gasteiger partial charge in [0.2, 0.25) is 5.91 Å². The lowest BCUT2D eigenvalue weighted by atomic mass is 9.99. The molecule has 126 valence electrons. The van der Waals surface area contributed by atoms with Crippen LogP contribution < -0.4 is 15.5 Å². The molecule has 1 atom stereocenters. The molecular weight excluding hydrogens is 324 g/mol. The second-order valence-electron chi connectivity index (χ2n) is 6.15. The van der Waals surface area contributed by atoms with Gasteiger partial charge in [-0.3, -0.25) is 9.59 Å². The molecule has 6 nitrogen and oxygen atoms in total. The van der Waals surface area contributed by atoms with Crippen molar-refractivity contribution in [3.05, 3.63) is 35.3 Å². The van der Waals surface area contributed by atoms with E-state index in [1.165, 1.54) is 18.3 Å². The Bertz CT molecular complexity index is 771. The average molecular weight is 344 g/mol. The molecule has 0 bridgehead atoms. The van der Waals surface area contributed by atoms with Gasteiger partial charge < -0.3 is 15.5 Å². The quantitative estimate of drug-likeness (QED) is 0.897. The van der Waals surface area contributed by atoms with Crippen LogP contribution >= 0.6 is 11.3 Å². The van der Waals surface area contributed by atoms with E-state index in [1.807, 2.05) is 24.3 Å². The van der Waals surface area contributed by atoms with Crippen molar-refractivity contribution in [2.24, 2.45) is 5.92 Å². The number of fused-ring (bicyclic) bond motifs is 1. The molecule has 1 aromatic carbocycles. The topological polar surface area (TPSA) is 74.3 Å². The Kier molecular flexibility index (Phi) is 4.53. The number of thiazole rings is 1. The summed E-state index contributed by atoms with van der Waals surface area (Å²) in [5.74, 6) is 0.0391. The molecule has 0 fully saturated rings. The Morgan fingerprint density at radius 1 is 1.38 bits per heavy atom. The molecule has 0 radical (unpaired) electrons. The third kappa shape index (κ3) is 3.26. The highest BCUT2D eigenvalue weighted by molar-refractivity contribution is 7.14. The molecule has 2 amide bonds. The molecule has 7 heteroatoms. The van der Waals surface area contributed by atoms with Gasteiger partial charge in [-0.2, -0.15) is 0 Å². The fourth-order valence-corrected chi connectivity index (χ4v) is 3.39. The summed E-state index contributed by atoms with van der Waals surface area (Å²) in [6, 6.07) is 7.96. The SMILES string of the molecule is CC(=O)Nc1nc(C(=O)N2CC(C(C)C)Nc3ccccc32)cs1. The van der Waals surface area contributed by atoms with Gasteiger partial charge in [-0.1, -0.05) is 26.0 Å². The predicted molar refractivity (Wildman–Crippen MR) is 96.8 cm³/mol. The Hall–Kier alpha value is -2.41. The van der Waals surface area contributed by atoms with Crippen LogP contribution in [0.15, 0.2) is 29.6 Å². The van der Waals surface area contributed by atoms with E-state index in [-0.39, 0.29) is 17.9 Å². The molecule has 3 rings (SSSR count). The van der Waals surface area contributed by atoms with Gasteiger partial charge in [0.05, 0.1) is 11.4 Å². The average Bonchev–Trinajstić information content (AvgIpc) is 3.00. The fourth-order valence-electron chi connectivity index (χ4n) is 2.66. The van der Waals surface area contributed by atoms with Crippen LogP contribution in [0.5, 0.6) is 0 Å². The van der Waals surface area contributed by atoms with E-state index < -0.39 is 0 Å². The maximum absolute atomic E-state index is 13.0. The molecule has 2 N–H and O–H groups in total. The second-order valence-corrected chi connectivity index (χ2v) is 7.00. The molecule has 24 heavy (non-hydrogen) atoms. The minimum absolute atomic E-state index is 0.151. The van der Waals surface area contributed by atoms with E-state index >= 15 is 0 Å². The molecule has 0 saturated carbocycles. The van der Waals surface area contributed by atoms with Gasteiger partial charge in [0, 0.05) is 24.9 Å². The Labute approximate surface area is 144 Å².